The van der Waals surface area contributed by atoms with Crippen molar-refractivity contribution in [3.63, 3.8) is 0 Å². The van der Waals surface area contributed by atoms with Crippen LogP contribution in [-0.4, -0.2) is 6.10 Å². The number of nitriles is 1. The SMILES string of the molecule is CC1CC(C)CC(Oc2cc(Br)cc(C#N)c2)C1. The standard InChI is InChI=1S/C15H18BrNO/c1-10-3-11(2)5-14(4-10)18-15-7-12(9-17)6-13(16)8-15/h6-8,10-11,14H,3-5H2,1-2H3. The van der Waals surface area contributed by atoms with E-state index in [9.17, 15) is 0 Å². The smallest absolute Gasteiger partial charge is 0.122 e. The first-order chi connectivity index (χ1) is 8.56. The lowest BCUT2D eigenvalue weighted by molar-refractivity contribution is 0.101. The fraction of sp³-hybridized carbons (Fsp3) is 0.533. The van der Waals surface area contributed by atoms with Crippen molar-refractivity contribution in [3.05, 3.63) is 28.2 Å². The summed E-state index contributed by atoms with van der Waals surface area (Å²) in [6.07, 6.45) is 3.80. The highest BCUT2D eigenvalue weighted by molar-refractivity contribution is 9.10. The van der Waals surface area contributed by atoms with E-state index in [1.807, 2.05) is 12.1 Å². The van der Waals surface area contributed by atoms with E-state index in [4.69, 9.17) is 10.00 Å². The fourth-order valence-corrected chi connectivity index (χ4v) is 3.33. The first-order valence-corrected chi connectivity index (χ1v) is 7.23. The van der Waals surface area contributed by atoms with Gasteiger partial charge < -0.3 is 4.74 Å². The van der Waals surface area contributed by atoms with Gasteiger partial charge in [-0.25, -0.2) is 0 Å². The second-order valence-corrected chi connectivity index (χ2v) is 6.36. The van der Waals surface area contributed by atoms with Crippen LogP contribution >= 0.6 is 15.9 Å². The average Bonchev–Trinajstić information content (AvgIpc) is 2.26. The first-order valence-electron chi connectivity index (χ1n) is 6.44. The van der Waals surface area contributed by atoms with Crippen molar-refractivity contribution in [2.75, 3.05) is 0 Å². The van der Waals surface area contributed by atoms with Crippen molar-refractivity contribution in [3.8, 4) is 11.8 Å². The summed E-state index contributed by atoms with van der Waals surface area (Å²) in [6.45, 7) is 4.57. The minimum atomic E-state index is 0.282. The molecule has 1 fully saturated rings. The van der Waals surface area contributed by atoms with Gasteiger partial charge >= 0.3 is 0 Å². The predicted molar refractivity (Wildman–Crippen MR) is 75.5 cm³/mol. The van der Waals surface area contributed by atoms with Crippen LogP contribution in [-0.2, 0) is 0 Å². The molecule has 18 heavy (non-hydrogen) atoms. The number of rotatable bonds is 2. The molecule has 0 N–H and O–H groups in total. The number of benzene rings is 1. The Bertz CT molecular complexity index is 456. The van der Waals surface area contributed by atoms with Gasteiger partial charge in [0.15, 0.2) is 0 Å². The molecule has 1 aromatic carbocycles. The summed E-state index contributed by atoms with van der Waals surface area (Å²) < 4.78 is 6.94. The molecule has 0 radical (unpaired) electrons. The molecule has 2 unspecified atom stereocenters. The zero-order chi connectivity index (χ0) is 13.1. The number of halogens is 1. The van der Waals surface area contributed by atoms with Crippen LogP contribution in [0, 0.1) is 23.2 Å². The van der Waals surface area contributed by atoms with Gasteiger partial charge in [-0.3, -0.25) is 0 Å². The van der Waals surface area contributed by atoms with E-state index < -0.39 is 0 Å². The molecule has 96 valence electrons. The molecule has 3 heteroatoms. The Balaban J connectivity index is 2.09. The van der Waals surface area contributed by atoms with Crippen LogP contribution in [0.3, 0.4) is 0 Å². The molecule has 0 spiro atoms. The number of nitrogens with zero attached hydrogens (tertiary/aromatic N) is 1. The summed E-state index contributed by atoms with van der Waals surface area (Å²) in [5.41, 5.74) is 0.635. The van der Waals surface area contributed by atoms with Crippen LogP contribution in [0.4, 0.5) is 0 Å². The highest BCUT2D eigenvalue weighted by atomic mass is 79.9. The van der Waals surface area contributed by atoms with Crippen molar-refractivity contribution < 1.29 is 4.74 Å². The van der Waals surface area contributed by atoms with Gasteiger partial charge in [0.05, 0.1) is 17.7 Å². The number of hydrogen-bond donors (Lipinski definition) is 0. The molecule has 1 saturated carbocycles. The Morgan fingerprint density at radius 2 is 1.83 bits per heavy atom. The van der Waals surface area contributed by atoms with Gasteiger partial charge in [-0.2, -0.15) is 5.26 Å². The van der Waals surface area contributed by atoms with E-state index >= 15 is 0 Å². The predicted octanol–water partition coefficient (Wildman–Crippen LogP) is 4.52. The topological polar surface area (TPSA) is 33.0 Å². The third-order valence-corrected chi connectivity index (χ3v) is 3.90. The Kier molecular flexibility index (Phi) is 4.29. The lowest BCUT2D eigenvalue weighted by atomic mass is 9.82. The summed E-state index contributed by atoms with van der Waals surface area (Å²) in [7, 11) is 0. The van der Waals surface area contributed by atoms with Crippen molar-refractivity contribution in [2.24, 2.45) is 11.8 Å². The maximum absolute atomic E-state index is 8.95. The Morgan fingerprint density at radius 1 is 1.17 bits per heavy atom. The molecular formula is C15H18BrNO. The highest BCUT2D eigenvalue weighted by Crippen LogP contribution is 2.32. The number of ether oxygens (including phenoxy) is 1. The van der Waals surface area contributed by atoms with Gasteiger partial charge in [0, 0.05) is 4.47 Å². The zero-order valence-corrected chi connectivity index (χ0v) is 12.4. The quantitative estimate of drug-likeness (QED) is 0.804. The van der Waals surface area contributed by atoms with Crippen molar-refractivity contribution in [1.29, 1.82) is 5.26 Å². The van der Waals surface area contributed by atoms with Gasteiger partial charge in [-0.1, -0.05) is 29.8 Å². The van der Waals surface area contributed by atoms with E-state index in [0.29, 0.717) is 5.56 Å². The highest BCUT2D eigenvalue weighted by Gasteiger charge is 2.25. The number of hydrogen-bond acceptors (Lipinski definition) is 2. The Morgan fingerprint density at radius 3 is 2.44 bits per heavy atom. The van der Waals surface area contributed by atoms with Crippen molar-refractivity contribution >= 4 is 15.9 Å². The molecule has 2 atom stereocenters. The summed E-state index contributed by atoms with van der Waals surface area (Å²) >= 11 is 3.41. The third-order valence-electron chi connectivity index (χ3n) is 3.44. The van der Waals surface area contributed by atoms with Gasteiger partial charge in [-0.05, 0) is 49.3 Å². The molecule has 0 aliphatic heterocycles. The van der Waals surface area contributed by atoms with Crippen LogP contribution < -0.4 is 4.74 Å². The molecule has 0 bridgehead atoms. The Hall–Kier alpha value is -1.01. The monoisotopic (exact) mass is 307 g/mol. The molecule has 0 aromatic heterocycles. The molecule has 1 aromatic rings. The average molecular weight is 308 g/mol. The van der Waals surface area contributed by atoms with Gasteiger partial charge in [0.2, 0.25) is 0 Å². The lowest BCUT2D eigenvalue weighted by Crippen LogP contribution is -2.28. The first kappa shape index (κ1) is 13.4. The van der Waals surface area contributed by atoms with Crippen LogP contribution in [0.15, 0.2) is 22.7 Å². The third kappa shape index (κ3) is 3.49. The van der Waals surface area contributed by atoms with E-state index in [0.717, 1.165) is 34.9 Å². The van der Waals surface area contributed by atoms with Gasteiger partial charge in [0.1, 0.15) is 5.75 Å². The summed E-state index contributed by atoms with van der Waals surface area (Å²) in [5, 5.41) is 8.95. The lowest BCUT2D eigenvalue weighted by Gasteiger charge is -2.31. The van der Waals surface area contributed by atoms with E-state index in [-0.39, 0.29) is 6.10 Å². The molecule has 1 aliphatic rings. The molecule has 0 heterocycles. The maximum Gasteiger partial charge on any atom is 0.122 e. The minimum Gasteiger partial charge on any atom is -0.490 e. The van der Waals surface area contributed by atoms with Crippen LogP contribution in [0.2, 0.25) is 0 Å². The van der Waals surface area contributed by atoms with Crippen LogP contribution in [0.5, 0.6) is 5.75 Å². The van der Waals surface area contributed by atoms with E-state index in [1.165, 1.54) is 6.42 Å². The maximum atomic E-state index is 8.95. The Labute approximate surface area is 117 Å². The van der Waals surface area contributed by atoms with Crippen LogP contribution in [0.25, 0.3) is 0 Å². The largest absolute Gasteiger partial charge is 0.490 e. The van der Waals surface area contributed by atoms with E-state index in [1.54, 1.807) is 6.07 Å². The minimum absolute atomic E-state index is 0.282. The fourth-order valence-electron chi connectivity index (χ4n) is 2.86. The van der Waals surface area contributed by atoms with Crippen molar-refractivity contribution in [1.82, 2.24) is 0 Å². The molecule has 0 amide bonds. The molecule has 2 rings (SSSR count). The van der Waals surface area contributed by atoms with Gasteiger partial charge in [0.25, 0.3) is 0 Å². The normalized spacial score (nSPS) is 27.6. The zero-order valence-electron chi connectivity index (χ0n) is 10.8. The second-order valence-electron chi connectivity index (χ2n) is 5.44. The molecule has 1 aliphatic carbocycles. The van der Waals surface area contributed by atoms with E-state index in [2.05, 4.69) is 35.8 Å². The molecule has 2 nitrogen and oxygen atoms in total. The van der Waals surface area contributed by atoms with Gasteiger partial charge in [-0.15, -0.1) is 0 Å². The van der Waals surface area contributed by atoms with Crippen LogP contribution in [0.1, 0.15) is 38.7 Å². The summed E-state index contributed by atoms with van der Waals surface area (Å²) in [4.78, 5) is 0. The molecule has 0 saturated heterocycles. The summed E-state index contributed by atoms with van der Waals surface area (Å²) in [6, 6.07) is 7.71. The van der Waals surface area contributed by atoms with Crippen molar-refractivity contribution in [2.45, 2.75) is 39.2 Å². The summed E-state index contributed by atoms with van der Waals surface area (Å²) in [5.74, 6) is 2.25. The second kappa shape index (κ2) is 5.75. The molecular weight excluding hydrogens is 290 g/mol.